The van der Waals surface area contributed by atoms with Crippen molar-refractivity contribution >= 4 is 17.7 Å². The number of carbonyl (C=O) groups excluding carboxylic acids is 1. The van der Waals surface area contributed by atoms with Crippen LogP contribution in [0.1, 0.15) is 17.3 Å². The van der Waals surface area contributed by atoms with E-state index in [-0.39, 0.29) is 29.0 Å². The maximum absolute atomic E-state index is 12.2. The van der Waals surface area contributed by atoms with E-state index in [2.05, 4.69) is 4.98 Å². The largest absolute Gasteiger partial charge is 0.458 e. The summed E-state index contributed by atoms with van der Waals surface area (Å²) in [5, 5.41) is -0.0204. The predicted molar refractivity (Wildman–Crippen MR) is 61.2 cm³/mol. The second-order valence-electron chi connectivity index (χ2n) is 2.90. The minimum atomic E-state index is -2.62. The van der Waals surface area contributed by atoms with Crippen LogP contribution in [0.5, 0.6) is 0 Å². The van der Waals surface area contributed by atoms with Gasteiger partial charge in [-0.05, 0) is 30.8 Å². The minimum Gasteiger partial charge on any atom is -0.458 e. The Balaban J connectivity index is 2.77. The van der Waals surface area contributed by atoms with E-state index in [1.807, 2.05) is 0 Å². The molecule has 0 saturated carbocycles. The van der Waals surface area contributed by atoms with Crippen molar-refractivity contribution < 1.29 is 18.3 Å². The molecule has 0 atom stereocenters. The highest BCUT2D eigenvalue weighted by molar-refractivity contribution is 7.99. The molecule has 0 aliphatic carbocycles. The van der Waals surface area contributed by atoms with E-state index in [9.17, 15) is 13.6 Å². The molecule has 0 radical (unpaired) electrons. The Labute approximate surface area is 102 Å². The van der Waals surface area contributed by atoms with Gasteiger partial charge in [-0.1, -0.05) is 12.2 Å². The van der Waals surface area contributed by atoms with Crippen LogP contribution in [-0.4, -0.2) is 23.3 Å². The number of pyridine rings is 1. The highest BCUT2D eigenvalue weighted by Gasteiger charge is 2.17. The van der Waals surface area contributed by atoms with E-state index in [0.29, 0.717) is 0 Å². The summed E-state index contributed by atoms with van der Waals surface area (Å²) < 4.78 is 29.3. The first-order chi connectivity index (χ1) is 8.15. The third-order valence-corrected chi connectivity index (χ3v) is 2.46. The molecule has 1 rings (SSSR count). The molecule has 0 aliphatic rings. The van der Waals surface area contributed by atoms with Gasteiger partial charge in [0.15, 0.2) is 0 Å². The molecule has 1 heterocycles. The topological polar surface area (TPSA) is 39.2 Å². The van der Waals surface area contributed by atoms with Gasteiger partial charge in [0, 0.05) is 6.20 Å². The maximum atomic E-state index is 12.2. The molecule has 0 spiro atoms. The molecule has 0 N–H and O–H groups in total. The Morgan fingerprint density at radius 2 is 2.41 bits per heavy atom. The summed E-state index contributed by atoms with van der Waals surface area (Å²) in [6.45, 7) is 1.90. The molecular weight excluding hydrogens is 248 g/mol. The highest BCUT2D eigenvalue weighted by Crippen LogP contribution is 2.26. The fourth-order valence-corrected chi connectivity index (χ4v) is 1.59. The van der Waals surface area contributed by atoms with Crippen LogP contribution < -0.4 is 0 Å². The Morgan fingerprint density at radius 1 is 1.65 bits per heavy atom. The second-order valence-corrected chi connectivity index (χ2v) is 3.88. The molecule has 0 bridgehead atoms. The van der Waals surface area contributed by atoms with Gasteiger partial charge in [0.25, 0.3) is 5.76 Å². The first-order valence-electron chi connectivity index (χ1n) is 4.83. The summed E-state index contributed by atoms with van der Waals surface area (Å²) in [6.07, 6.45) is 4.73. The number of aromatic nitrogens is 1. The van der Waals surface area contributed by atoms with Crippen LogP contribution >= 0.6 is 11.8 Å². The molecule has 3 nitrogen and oxygen atoms in total. The van der Waals surface area contributed by atoms with Gasteiger partial charge in [0.1, 0.15) is 11.6 Å². The van der Waals surface area contributed by atoms with Crippen molar-refractivity contribution in [2.45, 2.75) is 17.7 Å². The smallest absolute Gasteiger partial charge is 0.341 e. The lowest BCUT2D eigenvalue weighted by Crippen LogP contribution is -2.08. The normalized spacial score (nSPS) is 11.1. The lowest BCUT2D eigenvalue weighted by molar-refractivity contribution is 0.0544. The number of ether oxygens (including phenoxy) is 1. The van der Waals surface area contributed by atoms with E-state index in [4.69, 9.17) is 4.74 Å². The Kier molecular flexibility index (Phi) is 5.62. The number of alkyl halides is 2. The van der Waals surface area contributed by atoms with E-state index in [1.54, 1.807) is 19.1 Å². The van der Waals surface area contributed by atoms with Crippen LogP contribution in [-0.2, 0) is 4.74 Å². The molecule has 92 valence electrons. The third kappa shape index (κ3) is 4.52. The van der Waals surface area contributed by atoms with Crippen LogP contribution in [0.3, 0.4) is 0 Å². The van der Waals surface area contributed by atoms with E-state index in [1.165, 1.54) is 18.3 Å². The number of allylic oxidation sites excluding steroid dienone is 1. The number of thioether (sulfide) groups is 1. The van der Waals surface area contributed by atoms with Gasteiger partial charge in [-0.3, -0.25) is 0 Å². The van der Waals surface area contributed by atoms with Crippen LogP contribution in [0.4, 0.5) is 8.78 Å². The third-order valence-electron chi connectivity index (χ3n) is 1.74. The van der Waals surface area contributed by atoms with E-state index < -0.39 is 11.7 Å². The van der Waals surface area contributed by atoms with Crippen molar-refractivity contribution in [3.63, 3.8) is 0 Å². The first kappa shape index (κ1) is 13.6. The van der Waals surface area contributed by atoms with Crippen LogP contribution in [0.15, 0.2) is 35.5 Å². The number of rotatable bonds is 5. The summed E-state index contributed by atoms with van der Waals surface area (Å²) in [4.78, 5) is 15.3. The zero-order valence-corrected chi connectivity index (χ0v) is 9.92. The minimum absolute atomic E-state index is 0.0204. The van der Waals surface area contributed by atoms with Crippen molar-refractivity contribution in [3.05, 3.63) is 36.0 Å². The summed E-state index contributed by atoms with van der Waals surface area (Å²) >= 11 is 0.229. The summed E-state index contributed by atoms with van der Waals surface area (Å²) in [5.41, 5.74) is 0.0577. The quantitative estimate of drug-likeness (QED) is 0.462. The molecule has 0 fully saturated rings. The fourth-order valence-electron chi connectivity index (χ4n) is 1.02. The molecule has 0 unspecified atom stereocenters. The average molecular weight is 259 g/mol. The van der Waals surface area contributed by atoms with Crippen molar-refractivity contribution in [1.82, 2.24) is 4.98 Å². The number of halogens is 2. The number of hydrogen-bond donors (Lipinski definition) is 0. The van der Waals surface area contributed by atoms with Crippen LogP contribution in [0, 0.1) is 0 Å². The first-order valence-corrected chi connectivity index (χ1v) is 5.71. The van der Waals surface area contributed by atoms with Gasteiger partial charge in [-0.25, -0.2) is 9.78 Å². The zero-order valence-electron chi connectivity index (χ0n) is 9.10. The van der Waals surface area contributed by atoms with Crippen molar-refractivity contribution in [3.8, 4) is 0 Å². The Bertz CT molecular complexity index is 410. The monoisotopic (exact) mass is 259 g/mol. The summed E-state index contributed by atoms with van der Waals surface area (Å²) in [6, 6.07) is 2.91. The zero-order chi connectivity index (χ0) is 12.7. The lowest BCUT2D eigenvalue weighted by atomic mass is 10.3. The lowest BCUT2D eigenvalue weighted by Gasteiger charge is -2.06. The molecule has 1 aromatic rings. The van der Waals surface area contributed by atoms with Crippen LogP contribution in [0.25, 0.3) is 0 Å². The van der Waals surface area contributed by atoms with Crippen molar-refractivity contribution in [1.29, 1.82) is 0 Å². The Morgan fingerprint density at radius 3 is 3.06 bits per heavy atom. The van der Waals surface area contributed by atoms with E-state index >= 15 is 0 Å². The molecule has 1 aromatic heterocycles. The van der Waals surface area contributed by atoms with Crippen molar-refractivity contribution in [2.24, 2.45) is 0 Å². The SMILES string of the molecule is C/C=C/COC(=O)c1cccnc1SC(F)F. The van der Waals surface area contributed by atoms with Gasteiger partial charge in [0.05, 0.1) is 5.56 Å². The molecule has 0 aromatic carbocycles. The standard InChI is InChI=1S/C11H11F2NO2S/c1-2-3-7-16-10(15)8-5-4-6-14-9(8)17-11(12)13/h2-6,11H,7H2,1H3/b3-2+. The number of esters is 1. The second kappa shape index (κ2) is 7.01. The number of hydrogen-bond acceptors (Lipinski definition) is 4. The number of carbonyl (C=O) groups is 1. The van der Waals surface area contributed by atoms with Gasteiger partial charge in [0.2, 0.25) is 0 Å². The molecule has 6 heteroatoms. The predicted octanol–water partition coefficient (Wildman–Crippen LogP) is 3.13. The Hall–Kier alpha value is -1.43. The molecule has 0 aliphatic heterocycles. The molecule has 0 amide bonds. The van der Waals surface area contributed by atoms with Crippen molar-refractivity contribution in [2.75, 3.05) is 6.61 Å². The van der Waals surface area contributed by atoms with Gasteiger partial charge < -0.3 is 4.74 Å². The summed E-state index contributed by atoms with van der Waals surface area (Å²) in [5.74, 6) is -3.27. The number of nitrogens with zero attached hydrogens (tertiary/aromatic N) is 1. The average Bonchev–Trinajstić information content (AvgIpc) is 2.29. The van der Waals surface area contributed by atoms with Gasteiger partial charge in [-0.15, -0.1) is 0 Å². The fraction of sp³-hybridized carbons (Fsp3) is 0.273. The molecular formula is C11H11F2NO2S. The van der Waals surface area contributed by atoms with E-state index in [0.717, 1.165) is 0 Å². The van der Waals surface area contributed by atoms with Gasteiger partial charge >= 0.3 is 5.97 Å². The van der Waals surface area contributed by atoms with Crippen LogP contribution in [0.2, 0.25) is 0 Å². The molecule has 0 saturated heterocycles. The maximum Gasteiger partial charge on any atom is 0.341 e. The summed E-state index contributed by atoms with van der Waals surface area (Å²) in [7, 11) is 0. The van der Waals surface area contributed by atoms with Gasteiger partial charge in [-0.2, -0.15) is 8.78 Å². The highest BCUT2D eigenvalue weighted by atomic mass is 32.2. The molecule has 17 heavy (non-hydrogen) atoms.